The van der Waals surface area contributed by atoms with E-state index in [1.807, 2.05) is 45.0 Å². The van der Waals surface area contributed by atoms with Gasteiger partial charge in [0.05, 0.1) is 17.1 Å². The number of nitrogens with zero attached hydrogens (tertiary/aromatic N) is 1. The largest absolute Gasteiger partial charge is 0.373 e. The summed E-state index contributed by atoms with van der Waals surface area (Å²) in [4.78, 5) is 12.7. The van der Waals surface area contributed by atoms with E-state index in [0.29, 0.717) is 24.3 Å². The molecule has 1 N–H and O–H groups in total. The molecule has 1 aliphatic heterocycles. The number of rotatable bonds is 5. The highest BCUT2D eigenvalue weighted by atomic mass is 32.2. The molecule has 0 saturated carbocycles. The molecule has 0 spiro atoms. The molecule has 1 amide bonds. The predicted molar refractivity (Wildman–Crippen MR) is 109 cm³/mol. The van der Waals surface area contributed by atoms with Crippen molar-refractivity contribution in [1.82, 2.24) is 4.31 Å². The minimum Gasteiger partial charge on any atom is -0.373 e. The van der Waals surface area contributed by atoms with E-state index in [9.17, 15) is 13.2 Å². The highest BCUT2D eigenvalue weighted by molar-refractivity contribution is 7.89. The summed E-state index contributed by atoms with van der Waals surface area (Å²) in [6.07, 6.45) is 0.528. The number of anilines is 1. The van der Waals surface area contributed by atoms with Gasteiger partial charge in [-0.15, -0.1) is 0 Å². The average molecular weight is 403 g/mol. The number of nitrogens with one attached hydrogen (secondary N) is 1. The summed E-state index contributed by atoms with van der Waals surface area (Å²) in [5.74, 6) is -0.339. The summed E-state index contributed by atoms with van der Waals surface area (Å²) < 4.78 is 33.1. The summed E-state index contributed by atoms with van der Waals surface area (Å²) in [5.41, 5.74) is 2.11. The third kappa shape index (κ3) is 4.60. The zero-order valence-electron chi connectivity index (χ0n) is 16.4. The molecule has 6 nitrogen and oxygen atoms in total. The van der Waals surface area contributed by atoms with Gasteiger partial charge in [0.15, 0.2) is 0 Å². The Balaban J connectivity index is 1.82. The Labute approximate surface area is 166 Å². The van der Waals surface area contributed by atoms with Gasteiger partial charge in [-0.1, -0.05) is 25.1 Å². The van der Waals surface area contributed by atoms with E-state index in [1.165, 1.54) is 16.4 Å². The topological polar surface area (TPSA) is 75.7 Å². The van der Waals surface area contributed by atoms with E-state index in [-0.39, 0.29) is 23.0 Å². The normalized spacial score (nSPS) is 20.7. The van der Waals surface area contributed by atoms with E-state index >= 15 is 0 Å². The van der Waals surface area contributed by atoms with Crippen molar-refractivity contribution in [3.8, 4) is 0 Å². The molecule has 1 saturated heterocycles. The number of benzene rings is 2. The number of amides is 1. The van der Waals surface area contributed by atoms with Crippen LogP contribution in [0.3, 0.4) is 0 Å². The lowest BCUT2D eigenvalue weighted by atomic mass is 10.1. The van der Waals surface area contributed by atoms with E-state index in [2.05, 4.69) is 5.32 Å². The second-order valence-corrected chi connectivity index (χ2v) is 9.05. The van der Waals surface area contributed by atoms with Gasteiger partial charge in [0.1, 0.15) is 0 Å². The van der Waals surface area contributed by atoms with Crippen molar-refractivity contribution >= 4 is 21.6 Å². The van der Waals surface area contributed by atoms with Crippen LogP contribution < -0.4 is 5.32 Å². The lowest BCUT2D eigenvalue weighted by molar-refractivity contribution is -0.0440. The maximum Gasteiger partial charge on any atom is 0.255 e. The second-order valence-electron chi connectivity index (χ2n) is 7.12. The van der Waals surface area contributed by atoms with Gasteiger partial charge < -0.3 is 10.1 Å². The molecular weight excluding hydrogens is 376 g/mol. The van der Waals surface area contributed by atoms with Crippen molar-refractivity contribution in [2.24, 2.45) is 0 Å². The SMILES string of the molecule is CCc1cccc(NC(=O)c2cccc(S(=O)(=O)N3C[C@@H](C)O[C@H](C)C3)c2)c1. The van der Waals surface area contributed by atoms with E-state index in [4.69, 9.17) is 4.74 Å². The molecule has 150 valence electrons. The fourth-order valence-corrected chi connectivity index (χ4v) is 4.98. The molecule has 3 rings (SSSR count). The Morgan fingerprint density at radius 3 is 2.46 bits per heavy atom. The quantitative estimate of drug-likeness (QED) is 0.833. The third-order valence-corrected chi connectivity index (χ3v) is 6.54. The van der Waals surface area contributed by atoms with Gasteiger partial charge in [-0.25, -0.2) is 8.42 Å². The van der Waals surface area contributed by atoms with Crippen LogP contribution in [-0.2, 0) is 21.2 Å². The van der Waals surface area contributed by atoms with Crippen molar-refractivity contribution in [3.63, 3.8) is 0 Å². The molecule has 1 aliphatic rings. The average Bonchev–Trinajstić information content (AvgIpc) is 2.67. The van der Waals surface area contributed by atoms with Crippen LogP contribution in [-0.4, -0.2) is 43.9 Å². The highest BCUT2D eigenvalue weighted by Gasteiger charge is 2.32. The van der Waals surface area contributed by atoms with E-state index in [0.717, 1.165) is 12.0 Å². The molecule has 0 unspecified atom stereocenters. The molecule has 0 radical (unpaired) electrons. The summed E-state index contributed by atoms with van der Waals surface area (Å²) in [6, 6.07) is 13.8. The van der Waals surface area contributed by atoms with Crippen LogP contribution in [0.1, 0.15) is 36.7 Å². The number of morpholine rings is 1. The first-order chi connectivity index (χ1) is 13.3. The Bertz CT molecular complexity index is 948. The monoisotopic (exact) mass is 402 g/mol. The Morgan fingerprint density at radius 1 is 1.11 bits per heavy atom. The molecule has 2 aromatic carbocycles. The molecule has 0 bridgehead atoms. The smallest absolute Gasteiger partial charge is 0.255 e. The number of hydrogen-bond donors (Lipinski definition) is 1. The molecule has 1 fully saturated rings. The van der Waals surface area contributed by atoms with Crippen LogP contribution in [0.15, 0.2) is 53.4 Å². The Kier molecular flexibility index (Phi) is 6.17. The molecule has 28 heavy (non-hydrogen) atoms. The van der Waals surface area contributed by atoms with Gasteiger partial charge in [0.25, 0.3) is 5.91 Å². The predicted octanol–water partition coefficient (Wildman–Crippen LogP) is 3.30. The zero-order valence-corrected chi connectivity index (χ0v) is 17.2. The van der Waals surface area contributed by atoms with Crippen molar-refractivity contribution in [3.05, 3.63) is 59.7 Å². The first-order valence-corrected chi connectivity index (χ1v) is 10.9. The lowest BCUT2D eigenvalue weighted by Gasteiger charge is -2.34. The maximum absolute atomic E-state index is 13.0. The van der Waals surface area contributed by atoms with Crippen molar-refractivity contribution in [2.75, 3.05) is 18.4 Å². The minimum atomic E-state index is -3.69. The second kappa shape index (κ2) is 8.43. The molecule has 7 heteroatoms. The first-order valence-electron chi connectivity index (χ1n) is 9.45. The standard InChI is InChI=1S/C21H26N2O4S/c1-4-17-7-5-9-19(11-17)22-21(24)18-8-6-10-20(12-18)28(25,26)23-13-15(2)27-16(3)14-23/h5-12,15-16H,4,13-14H2,1-3H3,(H,22,24)/t15-,16-/m1/s1. The van der Waals surface area contributed by atoms with Crippen LogP contribution >= 0.6 is 0 Å². The summed E-state index contributed by atoms with van der Waals surface area (Å²) in [7, 11) is -3.69. The van der Waals surface area contributed by atoms with Gasteiger partial charge >= 0.3 is 0 Å². The summed E-state index contributed by atoms with van der Waals surface area (Å²) in [5, 5.41) is 2.84. The minimum absolute atomic E-state index is 0.115. The number of aryl methyl sites for hydroxylation is 1. The van der Waals surface area contributed by atoms with Crippen LogP contribution in [0.2, 0.25) is 0 Å². The van der Waals surface area contributed by atoms with Crippen molar-refractivity contribution < 1.29 is 17.9 Å². The zero-order chi connectivity index (χ0) is 20.3. The van der Waals surface area contributed by atoms with Crippen molar-refractivity contribution in [2.45, 2.75) is 44.3 Å². The molecule has 0 aliphatic carbocycles. The number of sulfonamides is 1. The summed E-state index contributed by atoms with van der Waals surface area (Å²) >= 11 is 0. The van der Waals surface area contributed by atoms with Gasteiger partial charge in [-0.3, -0.25) is 4.79 Å². The number of hydrogen-bond acceptors (Lipinski definition) is 4. The van der Waals surface area contributed by atoms with Crippen LogP contribution in [0.5, 0.6) is 0 Å². The lowest BCUT2D eigenvalue weighted by Crippen LogP contribution is -2.48. The molecule has 0 aromatic heterocycles. The highest BCUT2D eigenvalue weighted by Crippen LogP contribution is 2.22. The fourth-order valence-electron chi connectivity index (χ4n) is 3.35. The maximum atomic E-state index is 13.0. The Morgan fingerprint density at radius 2 is 1.79 bits per heavy atom. The number of carbonyl (C=O) groups excluding carboxylic acids is 1. The van der Waals surface area contributed by atoms with Crippen LogP contribution in [0.25, 0.3) is 0 Å². The molecule has 2 aromatic rings. The van der Waals surface area contributed by atoms with Gasteiger partial charge in [0.2, 0.25) is 10.0 Å². The van der Waals surface area contributed by atoms with Crippen LogP contribution in [0.4, 0.5) is 5.69 Å². The van der Waals surface area contributed by atoms with Gasteiger partial charge in [0, 0.05) is 24.3 Å². The van der Waals surface area contributed by atoms with Crippen molar-refractivity contribution in [1.29, 1.82) is 0 Å². The van der Waals surface area contributed by atoms with E-state index in [1.54, 1.807) is 12.1 Å². The fraction of sp³-hybridized carbons (Fsp3) is 0.381. The van der Waals surface area contributed by atoms with E-state index < -0.39 is 10.0 Å². The van der Waals surface area contributed by atoms with Gasteiger partial charge in [-0.2, -0.15) is 4.31 Å². The summed E-state index contributed by atoms with van der Waals surface area (Å²) in [6.45, 7) is 6.35. The van der Waals surface area contributed by atoms with Gasteiger partial charge in [-0.05, 0) is 56.2 Å². The Hall–Kier alpha value is -2.22. The first kappa shape index (κ1) is 20.5. The third-order valence-electron chi connectivity index (χ3n) is 4.71. The van der Waals surface area contributed by atoms with Crippen LogP contribution in [0, 0.1) is 0 Å². The molecular formula is C21H26N2O4S. The molecule has 1 heterocycles. The number of ether oxygens (including phenoxy) is 1. The number of carbonyl (C=O) groups is 1. The molecule has 2 atom stereocenters.